The third-order valence-electron chi connectivity index (χ3n) is 3.99. The molecule has 1 aliphatic rings. The van der Waals surface area contributed by atoms with Crippen molar-refractivity contribution in [2.24, 2.45) is 5.92 Å². The minimum absolute atomic E-state index is 0. The van der Waals surface area contributed by atoms with Gasteiger partial charge in [-0.1, -0.05) is 25.1 Å². The van der Waals surface area contributed by atoms with Gasteiger partial charge in [-0.3, -0.25) is 4.79 Å². The molecule has 0 spiro atoms. The van der Waals surface area contributed by atoms with Crippen molar-refractivity contribution in [1.82, 2.24) is 10.6 Å². The maximum absolute atomic E-state index is 12.1. The summed E-state index contributed by atoms with van der Waals surface area (Å²) in [5.74, 6) is 1.52. The molecule has 1 saturated heterocycles. The maximum atomic E-state index is 12.1. The summed E-state index contributed by atoms with van der Waals surface area (Å²) < 4.78 is 5.30. The highest BCUT2D eigenvalue weighted by molar-refractivity contribution is 5.85. The Balaban J connectivity index is 0.00000220. The highest BCUT2D eigenvalue weighted by atomic mass is 35.5. The van der Waals surface area contributed by atoms with Gasteiger partial charge in [0.05, 0.1) is 7.11 Å². The van der Waals surface area contributed by atoms with Crippen LogP contribution in [0.5, 0.6) is 5.75 Å². The molecule has 1 aromatic rings. The van der Waals surface area contributed by atoms with Crippen LogP contribution in [0.25, 0.3) is 0 Å². The Kier molecular flexibility index (Phi) is 7.54. The van der Waals surface area contributed by atoms with E-state index < -0.39 is 0 Å². The average molecular weight is 313 g/mol. The summed E-state index contributed by atoms with van der Waals surface area (Å²) in [4.78, 5) is 12.1. The molecule has 1 fully saturated rings. The van der Waals surface area contributed by atoms with Crippen LogP contribution in [0.3, 0.4) is 0 Å². The van der Waals surface area contributed by atoms with Gasteiger partial charge in [-0.25, -0.2) is 0 Å². The van der Waals surface area contributed by atoms with Gasteiger partial charge in [0.2, 0.25) is 5.91 Å². The second-order valence-corrected chi connectivity index (χ2v) is 5.46. The molecule has 0 radical (unpaired) electrons. The quantitative estimate of drug-likeness (QED) is 0.876. The maximum Gasteiger partial charge on any atom is 0.220 e. The van der Waals surface area contributed by atoms with Crippen LogP contribution in [0, 0.1) is 5.92 Å². The van der Waals surface area contributed by atoms with Gasteiger partial charge < -0.3 is 15.4 Å². The van der Waals surface area contributed by atoms with Gasteiger partial charge in [-0.15, -0.1) is 12.4 Å². The molecular formula is C16H25ClN2O2. The SMILES string of the molecule is COc1ccccc1CCC(=O)NC1CNCCC1C.Cl. The number of rotatable bonds is 5. The van der Waals surface area contributed by atoms with E-state index in [0.717, 1.165) is 30.8 Å². The van der Waals surface area contributed by atoms with Crippen molar-refractivity contribution in [3.63, 3.8) is 0 Å². The van der Waals surface area contributed by atoms with Crippen LogP contribution < -0.4 is 15.4 Å². The number of carbonyl (C=O) groups excluding carboxylic acids is 1. The Morgan fingerprint density at radius 1 is 1.43 bits per heavy atom. The molecule has 0 saturated carbocycles. The Hall–Kier alpha value is -1.26. The van der Waals surface area contributed by atoms with Crippen LogP contribution in [-0.4, -0.2) is 32.1 Å². The van der Waals surface area contributed by atoms with Gasteiger partial charge in [0.15, 0.2) is 0 Å². The van der Waals surface area contributed by atoms with Gasteiger partial charge in [0, 0.05) is 19.0 Å². The van der Waals surface area contributed by atoms with E-state index in [1.165, 1.54) is 0 Å². The van der Waals surface area contributed by atoms with E-state index in [1.54, 1.807) is 7.11 Å². The van der Waals surface area contributed by atoms with E-state index in [4.69, 9.17) is 4.74 Å². The second-order valence-electron chi connectivity index (χ2n) is 5.46. The predicted molar refractivity (Wildman–Crippen MR) is 87.1 cm³/mol. The van der Waals surface area contributed by atoms with Crippen molar-refractivity contribution in [2.45, 2.75) is 32.2 Å². The Morgan fingerprint density at radius 2 is 2.19 bits per heavy atom. The number of carbonyl (C=O) groups is 1. The first-order valence-electron chi connectivity index (χ1n) is 7.32. The Bertz CT molecular complexity index is 454. The summed E-state index contributed by atoms with van der Waals surface area (Å²) in [5, 5.41) is 6.46. The standard InChI is InChI=1S/C16H24N2O2.ClH/c1-12-9-10-17-11-14(12)18-16(19)8-7-13-5-3-4-6-15(13)20-2;/h3-6,12,14,17H,7-11H2,1-2H3,(H,18,19);1H. The largest absolute Gasteiger partial charge is 0.496 e. The van der Waals surface area contributed by atoms with Crippen molar-refractivity contribution in [1.29, 1.82) is 0 Å². The van der Waals surface area contributed by atoms with E-state index in [-0.39, 0.29) is 24.4 Å². The lowest BCUT2D eigenvalue weighted by molar-refractivity contribution is -0.122. The molecule has 1 aliphatic heterocycles. The zero-order valence-electron chi connectivity index (χ0n) is 12.7. The number of ether oxygens (including phenoxy) is 1. The molecule has 2 atom stereocenters. The van der Waals surface area contributed by atoms with Crippen molar-refractivity contribution in [3.05, 3.63) is 29.8 Å². The number of hydrogen-bond donors (Lipinski definition) is 2. The van der Waals surface area contributed by atoms with E-state index in [0.29, 0.717) is 18.8 Å². The third-order valence-corrected chi connectivity index (χ3v) is 3.99. The molecule has 2 N–H and O–H groups in total. The van der Waals surface area contributed by atoms with Crippen molar-refractivity contribution < 1.29 is 9.53 Å². The number of halogens is 1. The minimum atomic E-state index is 0. The van der Waals surface area contributed by atoms with Crippen LogP contribution in [-0.2, 0) is 11.2 Å². The third kappa shape index (κ3) is 5.21. The van der Waals surface area contributed by atoms with Crippen LogP contribution in [0.2, 0.25) is 0 Å². The van der Waals surface area contributed by atoms with Crippen LogP contribution in [0.1, 0.15) is 25.3 Å². The molecule has 0 bridgehead atoms. The van der Waals surface area contributed by atoms with Gasteiger partial charge in [0.1, 0.15) is 5.75 Å². The minimum Gasteiger partial charge on any atom is -0.496 e. The topological polar surface area (TPSA) is 50.4 Å². The van der Waals surface area contributed by atoms with E-state index in [1.807, 2.05) is 24.3 Å². The molecule has 2 rings (SSSR count). The summed E-state index contributed by atoms with van der Waals surface area (Å²) in [6.07, 6.45) is 2.34. The van der Waals surface area contributed by atoms with Crippen LogP contribution in [0.4, 0.5) is 0 Å². The first-order valence-corrected chi connectivity index (χ1v) is 7.32. The fourth-order valence-corrected chi connectivity index (χ4v) is 2.62. The van der Waals surface area contributed by atoms with E-state index >= 15 is 0 Å². The number of methoxy groups -OCH3 is 1. The van der Waals surface area contributed by atoms with Gasteiger partial charge in [-0.05, 0) is 36.9 Å². The first-order chi connectivity index (χ1) is 9.70. The van der Waals surface area contributed by atoms with Crippen LogP contribution >= 0.6 is 12.4 Å². The summed E-state index contributed by atoms with van der Waals surface area (Å²) >= 11 is 0. The number of piperidine rings is 1. The zero-order chi connectivity index (χ0) is 14.4. The lowest BCUT2D eigenvalue weighted by Gasteiger charge is -2.30. The Labute approximate surface area is 133 Å². The van der Waals surface area contributed by atoms with Gasteiger partial charge in [0.25, 0.3) is 0 Å². The Morgan fingerprint density at radius 3 is 2.90 bits per heavy atom. The molecular weight excluding hydrogens is 288 g/mol. The molecule has 5 heteroatoms. The molecule has 0 aliphatic carbocycles. The smallest absolute Gasteiger partial charge is 0.220 e. The van der Waals surface area contributed by atoms with Crippen molar-refractivity contribution >= 4 is 18.3 Å². The normalized spacial score (nSPS) is 21.2. The predicted octanol–water partition coefficient (Wildman–Crippen LogP) is 2.16. The number of amides is 1. The van der Waals surface area contributed by atoms with E-state index in [2.05, 4.69) is 17.6 Å². The summed E-state index contributed by atoms with van der Waals surface area (Å²) in [6.45, 7) is 4.13. The summed E-state index contributed by atoms with van der Waals surface area (Å²) in [5.41, 5.74) is 1.08. The highest BCUT2D eigenvalue weighted by Crippen LogP contribution is 2.19. The lowest BCUT2D eigenvalue weighted by atomic mass is 9.94. The number of hydrogen-bond acceptors (Lipinski definition) is 3. The van der Waals surface area contributed by atoms with Gasteiger partial charge >= 0.3 is 0 Å². The number of aryl methyl sites for hydroxylation is 1. The lowest BCUT2D eigenvalue weighted by Crippen LogP contribution is -2.50. The monoisotopic (exact) mass is 312 g/mol. The van der Waals surface area contributed by atoms with Crippen LogP contribution in [0.15, 0.2) is 24.3 Å². The summed E-state index contributed by atoms with van der Waals surface area (Å²) in [6, 6.07) is 8.12. The first kappa shape index (κ1) is 17.8. The fraction of sp³-hybridized carbons (Fsp3) is 0.562. The molecule has 2 unspecified atom stereocenters. The molecule has 1 heterocycles. The van der Waals surface area contributed by atoms with Crippen molar-refractivity contribution in [3.8, 4) is 5.75 Å². The van der Waals surface area contributed by atoms with Crippen molar-refractivity contribution in [2.75, 3.05) is 20.2 Å². The molecule has 4 nitrogen and oxygen atoms in total. The number of para-hydroxylation sites is 1. The molecule has 118 valence electrons. The molecule has 0 aromatic heterocycles. The fourth-order valence-electron chi connectivity index (χ4n) is 2.62. The number of nitrogens with one attached hydrogen (secondary N) is 2. The molecule has 21 heavy (non-hydrogen) atoms. The zero-order valence-corrected chi connectivity index (χ0v) is 13.5. The molecule has 1 aromatic carbocycles. The van der Waals surface area contributed by atoms with Gasteiger partial charge in [-0.2, -0.15) is 0 Å². The molecule has 1 amide bonds. The number of benzene rings is 1. The summed E-state index contributed by atoms with van der Waals surface area (Å²) in [7, 11) is 1.66. The highest BCUT2D eigenvalue weighted by Gasteiger charge is 2.22. The second kappa shape index (κ2) is 8.90. The average Bonchev–Trinajstić information content (AvgIpc) is 2.48. The van der Waals surface area contributed by atoms with E-state index in [9.17, 15) is 4.79 Å².